The van der Waals surface area contributed by atoms with Crippen LogP contribution < -0.4 is 5.32 Å². The summed E-state index contributed by atoms with van der Waals surface area (Å²) in [6.07, 6.45) is 0.916. The number of rotatable bonds is 9. The molecule has 0 fully saturated rings. The molecule has 0 saturated carbocycles. The summed E-state index contributed by atoms with van der Waals surface area (Å²) in [7, 11) is 1.60. The van der Waals surface area contributed by atoms with E-state index in [0.717, 1.165) is 12.0 Å². The average molecular weight is 268 g/mol. The molecule has 1 rings (SSSR count). The first-order chi connectivity index (χ1) is 9.19. The Kier molecular flexibility index (Phi) is 6.84. The summed E-state index contributed by atoms with van der Waals surface area (Å²) in [5.41, 5.74) is 1.42. The van der Waals surface area contributed by atoms with Gasteiger partial charge in [-0.05, 0) is 18.1 Å². The van der Waals surface area contributed by atoms with E-state index in [1.807, 2.05) is 13.0 Å². The maximum absolute atomic E-state index is 11.0. The molecule has 0 aliphatic carbocycles. The number of nitrogens with zero attached hydrogens (tertiary/aromatic N) is 1. The standard InChI is InChI=1S/C13H20N2O4/c1-3-6-14-12-5-4-11(9-13(12)15(16)17)10-19-8-7-18-2/h4-5,9,14H,3,6-8,10H2,1-2H3. The third kappa shape index (κ3) is 5.23. The molecule has 1 N–H and O–H groups in total. The van der Waals surface area contributed by atoms with Gasteiger partial charge in [0.25, 0.3) is 5.69 Å². The third-order valence-electron chi connectivity index (χ3n) is 2.52. The largest absolute Gasteiger partial charge is 0.382 e. The minimum atomic E-state index is -0.378. The van der Waals surface area contributed by atoms with Gasteiger partial charge in [-0.3, -0.25) is 10.1 Å². The highest BCUT2D eigenvalue weighted by molar-refractivity contribution is 5.62. The second kappa shape index (κ2) is 8.44. The molecule has 0 heterocycles. The van der Waals surface area contributed by atoms with Crippen molar-refractivity contribution < 1.29 is 14.4 Å². The third-order valence-corrected chi connectivity index (χ3v) is 2.52. The molecule has 0 amide bonds. The summed E-state index contributed by atoms with van der Waals surface area (Å²) in [6.45, 7) is 4.05. The van der Waals surface area contributed by atoms with Crippen LogP contribution in [0.15, 0.2) is 18.2 Å². The van der Waals surface area contributed by atoms with Crippen molar-refractivity contribution in [2.24, 2.45) is 0 Å². The van der Waals surface area contributed by atoms with Gasteiger partial charge in [0.15, 0.2) is 0 Å². The quantitative estimate of drug-likeness (QED) is 0.423. The second-order valence-electron chi connectivity index (χ2n) is 4.08. The Bertz CT molecular complexity index is 410. The van der Waals surface area contributed by atoms with Gasteiger partial charge >= 0.3 is 0 Å². The number of nitro benzene ring substituents is 1. The van der Waals surface area contributed by atoms with E-state index in [0.29, 0.717) is 32.1 Å². The van der Waals surface area contributed by atoms with Crippen LogP contribution in [0.25, 0.3) is 0 Å². The maximum Gasteiger partial charge on any atom is 0.292 e. The van der Waals surface area contributed by atoms with E-state index in [2.05, 4.69) is 5.32 Å². The summed E-state index contributed by atoms with van der Waals surface area (Å²) in [5.74, 6) is 0. The Morgan fingerprint density at radius 2 is 2.16 bits per heavy atom. The lowest BCUT2D eigenvalue weighted by Crippen LogP contribution is -2.05. The van der Waals surface area contributed by atoms with Gasteiger partial charge in [-0.2, -0.15) is 0 Å². The van der Waals surface area contributed by atoms with Crippen LogP contribution in [0.4, 0.5) is 11.4 Å². The van der Waals surface area contributed by atoms with Crippen LogP contribution in [-0.2, 0) is 16.1 Å². The molecule has 106 valence electrons. The molecule has 1 aromatic rings. The van der Waals surface area contributed by atoms with Gasteiger partial charge in [0.1, 0.15) is 5.69 Å². The van der Waals surface area contributed by atoms with Gasteiger partial charge in [0.05, 0.1) is 24.7 Å². The number of methoxy groups -OCH3 is 1. The van der Waals surface area contributed by atoms with Crippen LogP contribution in [0.3, 0.4) is 0 Å². The normalized spacial score (nSPS) is 10.4. The Morgan fingerprint density at radius 1 is 1.37 bits per heavy atom. The van der Waals surface area contributed by atoms with Crippen molar-refractivity contribution in [3.05, 3.63) is 33.9 Å². The highest BCUT2D eigenvalue weighted by atomic mass is 16.6. The molecule has 6 heteroatoms. The summed E-state index contributed by atoms with van der Waals surface area (Å²) >= 11 is 0. The molecule has 0 aromatic heterocycles. The Hall–Kier alpha value is -1.66. The molecule has 0 aliphatic rings. The topological polar surface area (TPSA) is 73.6 Å². The van der Waals surface area contributed by atoms with Gasteiger partial charge in [0.2, 0.25) is 0 Å². The first-order valence-corrected chi connectivity index (χ1v) is 6.27. The maximum atomic E-state index is 11.0. The van der Waals surface area contributed by atoms with Crippen LogP contribution in [0, 0.1) is 10.1 Å². The average Bonchev–Trinajstić information content (AvgIpc) is 2.41. The number of nitro groups is 1. The molecular formula is C13H20N2O4. The summed E-state index contributed by atoms with van der Waals surface area (Å²) in [4.78, 5) is 10.6. The molecule has 0 bridgehead atoms. The number of hydrogen-bond donors (Lipinski definition) is 1. The SMILES string of the molecule is CCCNc1ccc(COCCOC)cc1[N+](=O)[O-]. The molecule has 0 spiro atoms. The van der Waals surface area contributed by atoms with Crippen molar-refractivity contribution >= 4 is 11.4 Å². The molecule has 0 aliphatic heterocycles. The smallest absolute Gasteiger partial charge is 0.292 e. The lowest BCUT2D eigenvalue weighted by molar-refractivity contribution is -0.384. The fourth-order valence-corrected chi connectivity index (χ4v) is 1.56. The van der Waals surface area contributed by atoms with Gasteiger partial charge in [-0.25, -0.2) is 0 Å². The van der Waals surface area contributed by atoms with Crippen molar-refractivity contribution in [2.45, 2.75) is 20.0 Å². The summed E-state index contributed by atoms with van der Waals surface area (Å²) in [5, 5.41) is 14.1. The van der Waals surface area contributed by atoms with Gasteiger partial charge in [-0.1, -0.05) is 13.0 Å². The predicted molar refractivity (Wildman–Crippen MR) is 73.4 cm³/mol. The van der Waals surface area contributed by atoms with E-state index < -0.39 is 0 Å². The fraction of sp³-hybridized carbons (Fsp3) is 0.538. The molecule has 0 radical (unpaired) electrons. The first-order valence-electron chi connectivity index (χ1n) is 6.27. The van der Waals surface area contributed by atoms with Gasteiger partial charge < -0.3 is 14.8 Å². The fourth-order valence-electron chi connectivity index (χ4n) is 1.56. The Labute approximate surface area is 112 Å². The van der Waals surface area contributed by atoms with E-state index in [1.54, 1.807) is 19.2 Å². The molecule has 0 saturated heterocycles. The zero-order valence-corrected chi connectivity index (χ0v) is 11.3. The zero-order chi connectivity index (χ0) is 14.1. The van der Waals surface area contributed by atoms with Crippen LogP contribution in [0.2, 0.25) is 0 Å². The minimum Gasteiger partial charge on any atom is -0.382 e. The lowest BCUT2D eigenvalue weighted by Gasteiger charge is -2.08. The van der Waals surface area contributed by atoms with Gasteiger partial charge in [0, 0.05) is 19.7 Å². The number of ether oxygens (including phenoxy) is 2. The summed E-state index contributed by atoms with van der Waals surface area (Å²) in [6, 6.07) is 5.10. The predicted octanol–water partition coefficient (Wildman–Crippen LogP) is 2.58. The minimum absolute atomic E-state index is 0.0845. The number of anilines is 1. The number of benzene rings is 1. The van der Waals surface area contributed by atoms with Crippen molar-refractivity contribution in [2.75, 3.05) is 32.2 Å². The van der Waals surface area contributed by atoms with Crippen LogP contribution >= 0.6 is 0 Å². The van der Waals surface area contributed by atoms with E-state index in [-0.39, 0.29) is 10.6 Å². The highest BCUT2D eigenvalue weighted by Crippen LogP contribution is 2.25. The first kappa shape index (κ1) is 15.4. The Morgan fingerprint density at radius 3 is 2.79 bits per heavy atom. The monoisotopic (exact) mass is 268 g/mol. The molecule has 0 atom stereocenters. The number of hydrogen-bond acceptors (Lipinski definition) is 5. The lowest BCUT2D eigenvalue weighted by atomic mass is 10.2. The van der Waals surface area contributed by atoms with Crippen LogP contribution in [0.1, 0.15) is 18.9 Å². The molecule has 6 nitrogen and oxygen atoms in total. The highest BCUT2D eigenvalue weighted by Gasteiger charge is 2.14. The van der Waals surface area contributed by atoms with Gasteiger partial charge in [-0.15, -0.1) is 0 Å². The van der Waals surface area contributed by atoms with Crippen molar-refractivity contribution in [1.29, 1.82) is 0 Å². The van der Waals surface area contributed by atoms with Crippen molar-refractivity contribution in [3.63, 3.8) is 0 Å². The van der Waals surface area contributed by atoms with E-state index in [9.17, 15) is 10.1 Å². The van der Waals surface area contributed by atoms with Crippen molar-refractivity contribution in [3.8, 4) is 0 Å². The van der Waals surface area contributed by atoms with E-state index in [4.69, 9.17) is 9.47 Å². The van der Waals surface area contributed by atoms with Crippen LogP contribution in [0.5, 0.6) is 0 Å². The van der Waals surface area contributed by atoms with Crippen LogP contribution in [-0.4, -0.2) is 31.8 Å². The molecular weight excluding hydrogens is 248 g/mol. The zero-order valence-electron chi connectivity index (χ0n) is 11.3. The molecule has 19 heavy (non-hydrogen) atoms. The van der Waals surface area contributed by atoms with Crippen molar-refractivity contribution in [1.82, 2.24) is 0 Å². The number of nitrogens with one attached hydrogen (secondary N) is 1. The Balaban J connectivity index is 2.69. The van der Waals surface area contributed by atoms with E-state index >= 15 is 0 Å². The molecule has 0 unspecified atom stereocenters. The van der Waals surface area contributed by atoms with E-state index in [1.165, 1.54) is 0 Å². The second-order valence-corrected chi connectivity index (χ2v) is 4.08. The molecule has 1 aromatic carbocycles. The summed E-state index contributed by atoms with van der Waals surface area (Å²) < 4.78 is 10.2.